The fraction of sp³-hybridized carbons (Fsp3) is 0.533. The van der Waals surface area contributed by atoms with Crippen LogP contribution in [0.4, 0.5) is 5.69 Å². The molecule has 0 bridgehead atoms. The van der Waals surface area contributed by atoms with E-state index in [0.29, 0.717) is 23.4 Å². The number of nitrogens with zero attached hydrogens (tertiary/aromatic N) is 1. The Morgan fingerprint density at radius 2 is 2.30 bits per heavy atom. The Hall–Kier alpha value is -1.75. The van der Waals surface area contributed by atoms with Crippen molar-refractivity contribution in [3.63, 3.8) is 0 Å². The first-order chi connectivity index (χ1) is 9.67. The molecule has 0 saturated carbocycles. The summed E-state index contributed by atoms with van der Waals surface area (Å²) >= 11 is 0. The lowest BCUT2D eigenvalue weighted by atomic mass is 9.98. The maximum Gasteiger partial charge on any atom is 0.254 e. The number of benzene rings is 1. The third-order valence-corrected chi connectivity index (χ3v) is 3.83. The van der Waals surface area contributed by atoms with Crippen molar-refractivity contribution in [1.82, 2.24) is 4.90 Å². The molecule has 20 heavy (non-hydrogen) atoms. The molecule has 1 fully saturated rings. The molecule has 1 unspecified atom stereocenters. The van der Waals surface area contributed by atoms with E-state index < -0.39 is 0 Å². The van der Waals surface area contributed by atoms with Gasteiger partial charge in [0, 0.05) is 24.8 Å². The van der Waals surface area contributed by atoms with Crippen molar-refractivity contribution in [1.29, 1.82) is 0 Å². The van der Waals surface area contributed by atoms with E-state index >= 15 is 0 Å². The molecule has 0 spiro atoms. The van der Waals surface area contributed by atoms with E-state index in [0.717, 1.165) is 25.8 Å². The largest absolute Gasteiger partial charge is 0.495 e. The number of rotatable bonds is 4. The quantitative estimate of drug-likeness (QED) is 0.821. The number of ether oxygens (including phenoxy) is 1. The molecule has 3 N–H and O–H groups in total. The molecule has 2 rings (SSSR count). The van der Waals surface area contributed by atoms with Gasteiger partial charge in [-0.3, -0.25) is 4.79 Å². The number of aliphatic hydroxyl groups is 1. The summed E-state index contributed by atoms with van der Waals surface area (Å²) in [6.07, 6.45) is 3.72. The van der Waals surface area contributed by atoms with Gasteiger partial charge in [-0.15, -0.1) is 0 Å². The SMILES string of the molecule is COc1cc(C(=O)N2CCCCC2CCO)ccc1N. The first kappa shape index (κ1) is 14.7. The Kier molecular flexibility index (Phi) is 4.84. The maximum absolute atomic E-state index is 12.6. The van der Waals surface area contributed by atoms with Crippen LogP contribution in [0.25, 0.3) is 0 Å². The van der Waals surface area contributed by atoms with Gasteiger partial charge in [0.1, 0.15) is 5.75 Å². The van der Waals surface area contributed by atoms with Gasteiger partial charge in [-0.25, -0.2) is 0 Å². The molecule has 1 aliphatic heterocycles. The van der Waals surface area contributed by atoms with Gasteiger partial charge in [0.15, 0.2) is 0 Å². The molecule has 0 aliphatic carbocycles. The van der Waals surface area contributed by atoms with Crippen LogP contribution in [0.1, 0.15) is 36.0 Å². The number of anilines is 1. The number of methoxy groups -OCH3 is 1. The van der Waals surface area contributed by atoms with Crippen molar-refractivity contribution in [2.24, 2.45) is 0 Å². The van der Waals surface area contributed by atoms with Crippen LogP contribution in [-0.2, 0) is 0 Å². The lowest BCUT2D eigenvalue weighted by Crippen LogP contribution is -2.44. The lowest BCUT2D eigenvalue weighted by Gasteiger charge is -2.35. The summed E-state index contributed by atoms with van der Waals surface area (Å²) in [5.74, 6) is 0.507. The van der Waals surface area contributed by atoms with E-state index in [1.165, 1.54) is 7.11 Å². The Labute approximate surface area is 119 Å². The normalized spacial score (nSPS) is 18.9. The van der Waals surface area contributed by atoms with E-state index in [2.05, 4.69) is 0 Å². The summed E-state index contributed by atoms with van der Waals surface area (Å²) in [6, 6.07) is 5.23. The van der Waals surface area contributed by atoms with Crippen LogP contribution in [0.3, 0.4) is 0 Å². The van der Waals surface area contributed by atoms with Crippen LogP contribution < -0.4 is 10.5 Å². The van der Waals surface area contributed by atoms with Gasteiger partial charge in [0.05, 0.1) is 12.8 Å². The molecule has 1 atom stereocenters. The van der Waals surface area contributed by atoms with Crippen LogP contribution in [0, 0.1) is 0 Å². The highest BCUT2D eigenvalue weighted by Gasteiger charge is 2.27. The molecule has 5 heteroatoms. The van der Waals surface area contributed by atoms with Gasteiger partial charge < -0.3 is 20.5 Å². The molecule has 5 nitrogen and oxygen atoms in total. The van der Waals surface area contributed by atoms with Crippen molar-refractivity contribution in [2.75, 3.05) is 26.0 Å². The first-order valence-electron chi connectivity index (χ1n) is 7.02. The molecular formula is C15H22N2O3. The third kappa shape index (κ3) is 3.04. The molecule has 0 aromatic heterocycles. The van der Waals surface area contributed by atoms with Crippen LogP contribution in [-0.4, -0.2) is 42.2 Å². The van der Waals surface area contributed by atoms with Crippen molar-refractivity contribution in [3.05, 3.63) is 23.8 Å². The topological polar surface area (TPSA) is 75.8 Å². The molecule has 1 saturated heterocycles. The molecule has 1 heterocycles. The average molecular weight is 278 g/mol. The van der Waals surface area contributed by atoms with Crippen LogP contribution in [0.15, 0.2) is 18.2 Å². The van der Waals surface area contributed by atoms with Gasteiger partial charge in [0.2, 0.25) is 0 Å². The van der Waals surface area contributed by atoms with Crippen LogP contribution in [0.2, 0.25) is 0 Å². The minimum absolute atomic E-state index is 0.0125. The summed E-state index contributed by atoms with van der Waals surface area (Å²) in [6.45, 7) is 0.857. The van der Waals surface area contributed by atoms with Gasteiger partial charge in [0.25, 0.3) is 5.91 Å². The number of nitrogen functional groups attached to an aromatic ring is 1. The van der Waals surface area contributed by atoms with Gasteiger partial charge in [-0.05, 0) is 43.9 Å². The number of nitrogens with two attached hydrogens (primary N) is 1. The highest BCUT2D eigenvalue weighted by Crippen LogP contribution is 2.26. The number of hydrogen-bond acceptors (Lipinski definition) is 4. The lowest BCUT2D eigenvalue weighted by molar-refractivity contribution is 0.0574. The summed E-state index contributed by atoms with van der Waals surface area (Å²) < 4.78 is 5.16. The van der Waals surface area contributed by atoms with E-state index in [1.807, 2.05) is 4.90 Å². The Bertz CT molecular complexity index is 474. The second-order valence-electron chi connectivity index (χ2n) is 5.12. The van der Waals surface area contributed by atoms with E-state index in [-0.39, 0.29) is 18.6 Å². The summed E-state index contributed by atoms with van der Waals surface area (Å²) in [5, 5.41) is 9.13. The fourth-order valence-electron chi connectivity index (χ4n) is 2.73. The number of carbonyl (C=O) groups is 1. The second kappa shape index (κ2) is 6.61. The fourth-order valence-corrected chi connectivity index (χ4v) is 2.73. The highest BCUT2D eigenvalue weighted by molar-refractivity contribution is 5.95. The highest BCUT2D eigenvalue weighted by atomic mass is 16.5. The van der Waals surface area contributed by atoms with E-state index in [9.17, 15) is 4.79 Å². The van der Waals surface area contributed by atoms with Gasteiger partial charge in [-0.1, -0.05) is 0 Å². The van der Waals surface area contributed by atoms with Crippen molar-refractivity contribution < 1.29 is 14.6 Å². The number of amides is 1. The zero-order valence-electron chi connectivity index (χ0n) is 11.8. The number of likely N-dealkylation sites (tertiary alicyclic amines) is 1. The zero-order valence-corrected chi connectivity index (χ0v) is 11.8. The van der Waals surface area contributed by atoms with Gasteiger partial charge >= 0.3 is 0 Å². The molecular weight excluding hydrogens is 256 g/mol. The number of carbonyl (C=O) groups excluding carboxylic acids is 1. The number of hydrogen-bond donors (Lipinski definition) is 2. The first-order valence-corrected chi connectivity index (χ1v) is 7.02. The van der Waals surface area contributed by atoms with Crippen LogP contribution >= 0.6 is 0 Å². The molecule has 110 valence electrons. The van der Waals surface area contributed by atoms with Gasteiger partial charge in [-0.2, -0.15) is 0 Å². The zero-order chi connectivity index (χ0) is 14.5. The minimum atomic E-state index is -0.0125. The standard InChI is InChI=1S/C15H22N2O3/c1-20-14-10-11(5-6-13(14)16)15(19)17-8-3-2-4-12(17)7-9-18/h5-6,10,12,18H,2-4,7-9,16H2,1H3. The minimum Gasteiger partial charge on any atom is -0.495 e. The summed E-state index contributed by atoms with van der Waals surface area (Å²) in [4.78, 5) is 14.5. The Morgan fingerprint density at radius 3 is 3.00 bits per heavy atom. The predicted molar refractivity (Wildman–Crippen MR) is 77.8 cm³/mol. The van der Waals surface area contributed by atoms with Crippen molar-refractivity contribution in [2.45, 2.75) is 31.7 Å². The predicted octanol–water partition coefficient (Wildman–Crippen LogP) is 1.65. The second-order valence-corrected chi connectivity index (χ2v) is 5.12. The van der Waals surface area contributed by atoms with E-state index in [4.69, 9.17) is 15.6 Å². The third-order valence-electron chi connectivity index (χ3n) is 3.83. The molecule has 1 aliphatic rings. The van der Waals surface area contributed by atoms with Crippen LogP contribution in [0.5, 0.6) is 5.75 Å². The monoisotopic (exact) mass is 278 g/mol. The average Bonchev–Trinajstić information content (AvgIpc) is 2.48. The Balaban J connectivity index is 2.20. The van der Waals surface area contributed by atoms with Crippen molar-refractivity contribution in [3.8, 4) is 5.75 Å². The molecule has 1 amide bonds. The van der Waals surface area contributed by atoms with Crippen molar-refractivity contribution >= 4 is 11.6 Å². The number of piperidine rings is 1. The Morgan fingerprint density at radius 1 is 1.50 bits per heavy atom. The molecule has 1 aromatic rings. The maximum atomic E-state index is 12.6. The summed E-state index contributed by atoms with van der Waals surface area (Å²) in [5.41, 5.74) is 6.88. The smallest absolute Gasteiger partial charge is 0.254 e. The summed E-state index contributed by atoms with van der Waals surface area (Å²) in [7, 11) is 1.54. The number of aliphatic hydroxyl groups excluding tert-OH is 1. The molecule has 1 aromatic carbocycles. The molecule has 0 radical (unpaired) electrons. The van der Waals surface area contributed by atoms with E-state index in [1.54, 1.807) is 18.2 Å².